The largest absolute Gasteiger partial charge is 0.340 e. The van der Waals surface area contributed by atoms with E-state index in [9.17, 15) is 9.59 Å². The van der Waals surface area contributed by atoms with Crippen molar-refractivity contribution in [3.63, 3.8) is 0 Å². The molecule has 1 saturated heterocycles. The quantitative estimate of drug-likeness (QED) is 0.803. The van der Waals surface area contributed by atoms with E-state index in [0.717, 1.165) is 37.9 Å². The molecule has 2 aliphatic heterocycles. The van der Waals surface area contributed by atoms with Crippen molar-refractivity contribution in [2.75, 3.05) is 19.6 Å². The van der Waals surface area contributed by atoms with Crippen molar-refractivity contribution in [1.82, 2.24) is 19.4 Å². The smallest absolute Gasteiger partial charge is 0.226 e. The second-order valence-electron chi connectivity index (χ2n) is 10.2. The minimum absolute atomic E-state index is 0.150. The first-order chi connectivity index (χ1) is 13.2. The lowest BCUT2D eigenvalue weighted by Crippen LogP contribution is -2.56. The highest BCUT2D eigenvalue weighted by Gasteiger charge is 2.56. The number of hydrogen-bond acceptors (Lipinski definition) is 3. The summed E-state index contributed by atoms with van der Waals surface area (Å²) in [5.74, 6) is 1.11. The zero-order chi connectivity index (χ0) is 20.3. The zero-order valence-corrected chi connectivity index (χ0v) is 18.0. The molecular weight excluding hydrogens is 352 g/mol. The van der Waals surface area contributed by atoms with Gasteiger partial charge in [0.25, 0.3) is 0 Å². The van der Waals surface area contributed by atoms with Gasteiger partial charge in [-0.15, -0.1) is 0 Å². The number of rotatable bonds is 3. The van der Waals surface area contributed by atoms with Crippen molar-refractivity contribution < 1.29 is 9.59 Å². The van der Waals surface area contributed by atoms with Crippen LogP contribution in [0.15, 0.2) is 6.33 Å². The van der Waals surface area contributed by atoms with Crippen molar-refractivity contribution in [1.29, 1.82) is 0 Å². The third-order valence-corrected chi connectivity index (χ3v) is 6.87. The predicted molar refractivity (Wildman–Crippen MR) is 107 cm³/mol. The number of hydrogen-bond donors (Lipinski definition) is 0. The molecule has 0 bridgehead atoms. The Kier molecular flexibility index (Phi) is 4.59. The number of amides is 2. The molecule has 154 valence electrons. The van der Waals surface area contributed by atoms with Gasteiger partial charge in [0.05, 0.1) is 12.0 Å². The summed E-state index contributed by atoms with van der Waals surface area (Å²) in [4.78, 5) is 34.7. The molecule has 6 nitrogen and oxygen atoms in total. The summed E-state index contributed by atoms with van der Waals surface area (Å²) in [5.41, 5.74) is 2.06. The van der Waals surface area contributed by atoms with Crippen LogP contribution in [0.4, 0.5) is 0 Å². The van der Waals surface area contributed by atoms with Crippen LogP contribution >= 0.6 is 0 Å². The van der Waals surface area contributed by atoms with E-state index >= 15 is 0 Å². The third-order valence-electron chi connectivity index (χ3n) is 6.87. The van der Waals surface area contributed by atoms with Crippen LogP contribution in [0.1, 0.15) is 64.8 Å². The maximum Gasteiger partial charge on any atom is 0.226 e. The van der Waals surface area contributed by atoms with Gasteiger partial charge in [-0.3, -0.25) is 9.59 Å². The predicted octanol–water partition coefficient (Wildman–Crippen LogP) is 2.71. The van der Waals surface area contributed by atoms with Gasteiger partial charge in [0, 0.05) is 51.1 Å². The Morgan fingerprint density at radius 2 is 2.04 bits per heavy atom. The van der Waals surface area contributed by atoms with Crippen LogP contribution in [0.3, 0.4) is 0 Å². The first kappa shape index (κ1) is 19.5. The number of aromatic nitrogens is 2. The molecule has 6 heteroatoms. The lowest BCUT2D eigenvalue weighted by Gasteiger charge is -2.44. The molecule has 1 aromatic rings. The molecule has 0 radical (unpaired) electrons. The molecule has 2 fully saturated rings. The summed E-state index contributed by atoms with van der Waals surface area (Å²) in [6.45, 7) is 10.7. The van der Waals surface area contributed by atoms with Gasteiger partial charge >= 0.3 is 0 Å². The minimum Gasteiger partial charge on any atom is -0.340 e. The zero-order valence-electron chi connectivity index (χ0n) is 18.0. The van der Waals surface area contributed by atoms with Gasteiger partial charge in [-0.25, -0.2) is 4.98 Å². The molecule has 1 saturated carbocycles. The second kappa shape index (κ2) is 6.60. The summed E-state index contributed by atoms with van der Waals surface area (Å²) < 4.78 is 2.09. The Bertz CT molecular complexity index is 793. The SMILES string of the molecule is CCC(=O)N1CCC2(C1)c1ncn(C)c1CCN2C(=O)[C@@H]1C[C@H]1CC(C)(C)C. The van der Waals surface area contributed by atoms with Crippen LogP contribution in [-0.4, -0.2) is 50.8 Å². The van der Waals surface area contributed by atoms with E-state index in [1.54, 1.807) is 0 Å². The molecule has 1 unspecified atom stereocenters. The number of fused-ring (bicyclic) bond motifs is 2. The second-order valence-corrected chi connectivity index (χ2v) is 10.2. The Labute approximate surface area is 168 Å². The number of carbonyl (C=O) groups excluding carboxylic acids is 2. The average Bonchev–Trinajstić information content (AvgIpc) is 3.06. The van der Waals surface area contributed by atoms with Gasteiger partial charge in [-0.05, 0) is 30.6 Å². The lowest BCUT2D eigenvalue weighted by atomic mass is 9.85. The highest BCUT2D eigenvalue weighted by atomic mass is 16.2. The molecule has 3 aliphatic rings. The van der Waals surface area contributed by atoms with E-state index in [-0.39, 0.29) is 23.1 Å². The Balaban J connectivity index is 1.62. The van der Waals surface area contributed by atoms with Gasteiger partial charge < -0.3 is 14.4 Å². The van der Waals surface area contributed by atoms with Gasteiger partial charge in [-0.1, -0.05) is 27.7 Å². The summed E-state index contributed by atoms with van der Waals surface area (Å²) in [5, 5.41) is 0. The van der Waals surface area contributed by atoms with Gasteiger partial charge in [-0.2, -0.15) is 0 Å². The third kappa shape index (κ3) is 3.15. The Morgan fingerprint density at radius 1 is 1.29 bits per heavy atom. The topological polar surface area (TPSA) is 58.4 Å². The van der Waals surface area contributed by atoms with E-state index in [0.29, 0.717) is 25.4 Å². The fraction of sp³-hybridized carbons (Fsp3) is 0.773. The average molecular weight is 387 g/mol. The first-order valence-corrected chi connectivity index (χ1v) is 10.8. The van der Waals surface area contributed by atoms with Crippen LogP contribution in [-0.2, 0) is 28.6 Å². The summed E-state index contributed by atoms with van der Waals surface area (Å²) in [6.07, 6.45) is 6.12. The van der Waals surface area contributed by atoms with Crippen molar-refractivity contribution in [3.8, 4) is 0 Å². The van der Waals surface area contributed by atoms with Crippen LogP contribution < -0.4 is 0 Å². The number of likely N-dealkylation sites (tertiary alicyclic amines) is 1. The van der Waals surface area contributed by atoms with Crippen LogP contribution in [0.25, 0.3) is 0 Å². The number of carbonyl (C=O) groups is 2. The molecule has 0 aromatic carbocycles. The maximum absolute atomic E-state index is 13.6. The molecule has 28 heavy (non-hydrogen) atoms. The molecule has 0 N–H and O–H groups in total. The van der Waals surface area contributed by atoms with Crippen LogP contribution in [0.2, 0.25) is 0 Å². The number of aryl methyl sites for hydroxylation is 1. The van der Waals surface area contributed by atoms with Crippen LogP contribution in [0.5, 0.6) is 0 Å². The van der Waals surface area contributed by atoms with E-state index in [1.165, 1.54) is 5.69 Å². The number of imidazole rings is 1. The van der Waals surface area contributed by atoms with Crippen molar-refractivity contribution in [2.24, 2.45) is 24.3 Å². The van der Waals surface area contributed by atoms with Crippen LogP contribution in [0, 0.1) is 17.3 Å². The highest BCUT2D eigenvalue weighted by Crippen LogP contribution is 2.50. The lowest BCUT2D eigenvalue weighted by molar-refractivity contribution is -0.142. The molecular formula is C22H34N4O2. The number of nitrogens with zero attached hydrogens (tertiary/aromatic N) is 4. The molecule has 1 aromatic heterocycles. The Hall–Kier alpha value is -1.85. The van der Waals surface area contributed by atoms with Crippen molar-refractivity contribution in [2.45, 2.75) is 65.3 Å². The molecule has 3 heterocycles. The van der Waals surface area contributed by atoms with Gasteiger partial charge in [0.2, 0.25) is 11.8 Å². The fourth-order valence-corrected chi connectivity index (χ4v) is 5.43. The first-order valence-electron chi connectivity index (χ1n) is 10.8. The molecule has 2 amide bonds. The Morgan fingerprint density at radius 3 is 2.71 bits per heavy atom. The highest BCUT2D eigenvalue weighted by molar-refractivity contribution is 5.83. The summed E-state index contributed by atoms with van der Waals surface area (Å²) in [7, 11) is 2.03. The maximum atomic E-state index is 13.6. The molecule has 3 atom stereocenters. The van der Waals surface area contributed by atoms with E-state index < -0.39 is 5.54 Å². The standard InChI is InChI=1S/C22H34N4O2/c1-6-18(27)25-10-8-22(13-25)19-17(24(5)14-23-19)7-9-26(22)20(28)16-11-15(16)12-21(2,3)4/h14-16H,6-13H2,1-5H3/t15-,16+,22?/m0/s1. The van der Waals surface area contributed by atoms with E-state index in [1.807, 2.05) is 25.2 Å². The minimum atomic E-state index is -0.439. The van der Waals surface area contributed by atoms with Gasteiger partial charge in [0.1, 0.15) is 5.54 Å². The molecule has 1 aliphatic carbocycles. The molecule has 1 spiro atoms. The molecule has 4 rings (SSSR count). The fourth-order valence-electron chi connectivity index (χ4n) is 5.43. The van der Waals surface area contributed by atoms with Crippen molar-refractivity contribution in [3.05, 3.63) is 17.7 Å². The van der Waals surface area contributed by atoms with Crippen molar-refractivity contribution >= 4 is 11.8 Å². The monoisotopic (exact) mass is 386 g/mol. The van der Waals surface area contributed by atoms with Gasteiger partial charge in [0.15, 0.2) is 0 Å². The van der Waals surface area contributed by atoms with E-state index in [2.05, 4.69) is 30.2 Å². The summed E-state index contributed by atoms with van der Waals surface area (Å²) >= 11 is 0. The van der Waals surface area contributed by atoms with E-state index in [4.69, 9.17) is 4.98 Å². The summed E-state index contributed by atoms with van der Waals surface area (Å²) in [6, 6.07) is 0. The normalized spacial score (nSPS) is 29.3.